The van der Waals surface area contributed by atoms with Gasteiger partial charge in [-0.2, -0.15) is 0 Å². The molecular weight excluding hydrogens is 302 g/mol. The molecule has 1 aliphatic heterocycles. The van der Waals surface area contributed by atoms with Crippen LogP contribution in [0.15, 0.2) is 42.5 Å². The summed E-state index contributed by atoms with van der Waals surface area (Å²) in [5, 5.41) is 0. The van der Waals surface area contributed by atoms with E-state index < -0.39 is 0 Å². The Bertz CT molecular complexity index is 727. The molecule has 0 saturated heterocycles. The van der Waals surface area contributed by atoms with Crippen molar-refractivity contribution in [2.45, 2.75) is 25.7 Å². The third-order valence-corrected chi connectivity index (χ3v) is 4.47. The highest BCUT2D eigenvalue weighted by atomic mass is 16.5. The second-order valence-electron chi connectivity index (χ2n) is 6.00. The van der Waals surface area contributed by atoms with E-state index >= 15 is 0 Å². The van der Waals surface area contributed by atoms with Crippen molar-refractivity contribution < 1.29 is 14.3 Å². The first-order valence-corrected chi connectivity index (χ1v) is 8.31. The fourth-order valence-electron chi connectivity index (χ4n) is 3.17. The zero-order valence-corrected chi connectivity index (χ0v) is 14.2. The van der Waals surface area contributed by atoms with E-state index in [0.29, 0.717) is 6.42 Å². The predicted molar refractivity (Wildman–Crippen MR) is 95.0 cm³/mol. The van der Waals surface area contributed by atoms with Gasteiger partial charge in [0.25, 0.3) is 0 Å². The molecular formula is C20H23NO3. The quantitative estimate of drug-likeness (QED) is 0.843. The van der Waals surface area contributed by atoms with Crippen LogP contribution in [0.1, 0.15) is 24.0 Å². The number of hydrogen-bond donors (Lipinski definition) is 0. The fourth-order valence-corrected chi connectivity index (χ4v) is 3.17. The van der Waals surface area contributed by atoms with Crippen molar-refractivity contribution in [2.75, 3.05) is 25.7 Å². The standard InChI is InChI=1S/C20H23NO3/c1-23-17-7-3-5-15(13-17)8-11-20(22)21-12-4-6-16-14-18(24-2)9-10-19(16)21/h3,5,7,9-10,13-14H,4,6,8,11-12H2,1-2H3. The van der Waals surface area contributed by atoms with Gasteiger partial charge in [-0.3, -0.25) is 4.79 Å². The summed E-state index contributed by atoms with van der Waals surface area (Å²) in [6.45, 7) is 0.788. The number of nitrogens with zero attached hydrogens (tertiary/aromatic N) is 1. The van der Waals surface area contributed by atoms with Crippen molar-refractivity contribution >= 4 is 11.6 Å². The number of anilines is 1. The highest BCUT2D eigenvalue weighted by molar-refractivity contribution is 5.94. The van der Waals surface area contributed by atoms with Crippen LogP contribution in [-0.4, -0.2) is 26.7 Å². The lowest BCUT2D eigenvalue weighted by atomic mass is 10.0. The minimum absolute atomic E-state index is 0.170. The zero-order valence-electron chi connectivity index (χ0n) is 14.2. The third kappa shape index (κ3) is 3.53. The Labute approximate surface area is 143 Å². The van der Waals surface area contributed by atoms with Crippen LogP contribution < -0.4 is 14.4 Å². The Morgan fingerprint density at radius 3 is 2.67 bits per heavy atom. The molecule has 0 saturated carbocycles. The molecule has 4 nitrogen and oxygen atoms in total. The zero-order chi connectivity index (χ0) is 16.9. The van der Waals surface area contributed by atoms with Crippen molar-refractivity contribution in [3.05, 3.63) is 53.6 Å². The van der Waals surface area contributed by atoms with E-state index in [1.807, 2.05) is 47.4 Å². The molecule has 0 unspecified atom stereocenters. The number of carbonyl (C=O) groups is 1. The van der Waals surface area contributed by atoms with Crippen LogP contribution in [0.25, 0.3) is 0 Å². The Morgan fingerprint density at radius 2 is 1.88 bits per heavy atom. The van der Waals surface area contributed by atoms with E-state index in [4.69, 9.17) is 9.47 Å². The van der Waals surface area contributed by atoms with E-state index in [9.17, 15) is 4.79 Å². The number of benzene rings is 2. The van der Waals surface area contributed by atoms with E-state index in [1.165, 1.54) is 5.56 Å². The third-order valence-electron chi connectivity index (χ3n) is 4.47. The van der Waals surface area contributed by atoms with Crippen molar-refractivity contribution in [3.8, 4) is 11.5 Å². The molecule has 0 atom stereocenters. The molecule has 24 heavy (non-hydrogen) atoms. The first-order valence-electron chi connectivity index (χ1n) is 8.31. The Balaban J connectivity index is 1.70. The van der Waals surface area contributed by atoms with Gasteiger partial charge >= 0.3 is 0 Å². The molecule has 1 aliphatic rings. The van der Waals surface area contributed by atoms with Gasteiger partial charge in [-0.25, -0.2) is 0 Å². The van der Waals surface area contributed by atoms with Gasteiger partial charge in [0, 0.05) is 18.7 Å². The maximum Gasteiger partial charge on any atom is 0.227 e. The molecule has 0 N–H and O–H groups in total. The van der Waals surface area contributed by atoms with Crippen LogP contribution in [0.3, 0.4) is 0 Å². The average Bonchev–Trinajstić information content (AvgIpc) is 2.65. The summed E-state index contributed by atoms with van der Waals surface area (Å²) in [5.74, 6) is 1.85. The van der Waals surface area contributed by atoms with Crippen LogP contribution in [0.4, 0.5) is 5.69 Å². The Hall–Kier alpha value is -2.49. The molecule has 0 aromatic heterocycles. The normalized spacial score (nSPS) is 13.3. The first-order chi connectivity index (χ1) is 11.7. The van der Waals surface area contributed by atoms with Gasteiger partial charge in [-0.1, -0.05) is 12.1 Å². The summed E-state index contributed by atoms with van der Waals surface area (Å²) in [6.07, 6.45) is 3.20. The summed E-state index contributed by atoms with van der Waals surface area (Å²) in [4.78, 5) is 14.6. The fraction of sp³-hybridized carbons (Fsp3) is 0.350. The number of ether oxygens (including phenoxy) is 2. The molecule has 3 rings (SSSR count). The summed E-state index contributed by atoms with van der Waals surface area (Å²) in [6, 6.07) is 13.9. The number of rotatable bonds is 5. The minimum atomic E-state index is 0.170. The number of carbonyl (C=O) groups excluding carboxylic acids is 1. The second-order valence-corrected chi connectivity index (χ2v) is 6.00. The van der Waals surface area contributed by atoms with Gasteiger partial charge < -0.3 is 14.4 Å². The first kappa shape index (κ1) is 16.4. The van der Waals surface area contributed by atoms with Gasteiger partial charge in [0.2, 0.25) is 5.91 Å². The molecule has 2 aromatic rings. The molecule has 1 heterocycles. The summed E-state index contributed by atoms with van der Waals surface area (Å²) in [5.41, 5.74) is 3.34. The number of aryl methyl sites for hydroxylation is 2. The molecule has 0 spiro atoms. The van der Waals surface area contributed by atoms with Crippen molar-refractivity contribution in [2.24, 2.45) is 0 Å². The number of amides is 1. The SMILES string of the molecule is COc1cccc(CCC(=O)N2CCCc3cc(OC)ccc32)c1. The average molecular weight is 325 g/mol. The van der Waals surface area contributed by atoms with Crippen LogP contribution >= 0.6 is 0 Å². The van der Waals surface area contributed by atoms with E-state index in [2.05, 4.69) is 0 Å². The number of methoxy groups -OCH3 is 2. The summed E-state index contributed by atoms with van der Waals surface area (Å²) >= 11 is 0. The van der Waals surface area contributed by atoms with Gasteiger partial charge in [-0.15, -0.1) is 0 Å². The Kier molecular flexibility index (Phi) is 5.04. The van der Waals surface area contributed by atoms with Crippen molar-refractivity contribution in [1.82, 2.24) is 0 Å². The maximum absolute atomic E-state index is 12.7. The van der Waals surface area contributed by atoms with Crippen LogP contribution in [-0.2, 0) is 17.6 Å². The van der Waals surface area contributed by atoms with Crippen LogP contribution in [0.5, 0.6) is 11.5 Å². The van der Waals surface area contributed by atoms with Gasteiger partial charge in [0.1, 0.15) is 11.5 Å². The molecule has 2 aromatic carbocycles. The van der Waals surface area contributed by atoms with Crippen molar-refractivity contribution in [1.29, 1.82) is 0 Å². The molecule has 0 aliphatic carbocycles. The lowest BCUT2D eigenvalue weighted by Crippen LogP contribution is -2.35. The molecule has 1 amide bonds. The topological polar surface area (TPSA) is 38.8 Å². The highest BCUT2D eigenvalue weighted by Crippen LogP contribution is 2.31. The molecule has 0 fully saturated rings. The van der Waals surface area contributed by atoms with Crippen LogP contribution in [0.2, 0.25) is 0 Å². The Morgan fingerprint density at radius 1 is 1.08 bits per heavy atom. The van der Waals surface area contributed by atoms with Crippen molar-refractivity contribution in [3.63, 3.8) is 0 Å². The molecule has 126 valence electrons. The van der Waals surface area contributed by atoms with E-state index in [-0.39, 0.29) is 5.91 Å². The smallest absolute Gasteiger partial charge is 0.227 e. The monoisotopic (exact) mass is 325 g/mol. The van der Waals surface area contributed by atoms with Gasteiger partial charge in [0.15, 0.2) is 0 Å². The largest absolute Gasteiger partial charge is 0.497 e. The summed E-state index contributed by atoms with van der Waals surface area (Å²) in [7, 11) is 3.32. The van der Waals surface area contributed by atoms with E-state index in [0.717, 1.165) is 48.6 Å². The lowest BCUT2D eigenvalue weighted by molar-refractivity contribution is -0.118. The molecule has 4 heteroatoms. The molecule has 0 radical (unpaired) electrons. The molecule has 0 bridgehead atoms. The van der Waals surface area contributed by atoms with Gasteiger partial charge in [-0.05, 0) is 60.7 Å². The summed E-state index contributed by atoms with van der Waals surface area (Å²) < 4.78 is 10.5. The second kappa shape index (κ2) is 7.39. The number of fused-ring (bicyclic) bond motifs is 1. The van der Waals surface area contributed by atoms with Gasteiger partial charge in [0.05, 0.1) is 14.2 Å². The minimum Gasteiger partial charge on any atom is -0.497 e. The maximum atomic E-state index is 12.7. The number of hydrogen-bond acceptors (Lipinski definition) is 3. The predicted octanol–water partition coefficient (Wildman–Crippen LogP) is 3.62. The lowest BCUT2D eigenvalue weighted by Gasteiger charge is -2.30. The highest BCUT2D eigenvalue weighted by Gasteiger charge is 2.22. The van der Waals surface area contributed by atoms with Crippen LogP contribution in [0, 0.1) is 0 Å². The van der Waals surface area contributed by atoms with E-state index in [1.54, 1.807) is 14.2 Å².